The Morgan fingerprint density at radius 1 is 1.33 bits per heavy atom. The fourth-order valence-corrected chi connectivity index (χ4v) is 2.24. The number of benzene rings is 1. The average Bonchev–Trinajstić information content (AvgIpc) is 3.27. The number of aromatic nitrogens is 4. The highest BCUT2D eigenvalue weighted by Gasteiger charge is 2.26. The van der Waals surface area contributed by atoms with Gasteiger partial charge in [-0.15, -0.1) is 5.10 Å². The number of amides is 1. The van der Waals surface area contributed by atoms with Gasteiger partial charge >= 0.3 is 0 Å². The van der Waals surface area contributed by atoms with Crippen molar-refractivity contribution in [3.8, 4) is 5.69 Å². The number of hydrogen-bond acceptors (Lipinski definition) is 6. The molecule has 0 aliphatic carbocycles. The van der Waals surface area contributed by atoms with Crippen molar-refractivity contribution in [3.63, 3.8) is 0 Å². The molecule has 8 nitrogen and oxygen atoms in total. The molecule has 0 aliphatic rings. The van der Waals surface area contributed by atoms with E-state index >= 15 is 0 Å². The zero-order valence-electron chi connectivity index (χ0n) is 13.1. The van der Waals surface area contributed by atoms with Crippen molar-refractivity contribution < 1.29 is 14.3 Å². The van der Waals surface area contributed by atoms with Gasteiger partial charge in [0.15, 0.2) is 0 Å². The van der Waals surface area contributed by atoms with Crippen molar-refractivity contribution in [2.24, 2.45) is 0 Å². The fraction of sp³-hybridized carbons (Fsp3) is 0.250. The zero-order chi connectivity index (χ0) is 17.0. The molecule has 3 aromatic rings. The molecule has 1 unspecified atom stereocenters. The van der Waals surface area contributed by atoms with Crippen LogP contribution in [0, 0.1) is 0 Å². The van der Waals surface area contributed by atoms with Gasteiger partial charge in [-0.05, 0) is 47.2 Å². The van der Waals surface area contributed by atoms with Gasteiger partial charge in [0.2, 0.25) is 5.91 Å². The highest BCUT2D eigenvalue weighted by molar-refractivity contribution is 5.78. The van der Waals surface area contributed by atoms with Crippen LogP contribution >= 0.6 is 0 Å². The van der Waals surface area contributed by atoms with Crippen LogP contribution in [0.1, 0.15) is 18.2 Å². The Balaban J connectivity index is 1.55. The van der Waals surface area contributed by atoms with Crippen molar-refractivity contribution in [2.45, 2.75) is 18.9 Å². The summed E-state index contributed by atoms with van der Waals surface area (Å²) in [6.45, 7) is 1.66. The first-order valence-electron chi connectivity index (χ1n) is 7.40. The molecular weight excluding hydrogens is 310 g/mol. The predicted octanol–water partition coefficient (Wildman–Crippen LogP) is 0.822. The first-order valence-corrected chi connectivity index (χ1v) is 7.40. The molecule has 3 rings (SSSR count). The van der Waals surface area contributed by atoms with Crippen molar-refractivity contribution in [1.29, 1.82) is 0 Å². The summed E-state index contributed by atoms with van der Waals surface area (Å²) in [6, 6.07) is 10.7. The number of carbonyl (C=O) groups is 1. The summed E-state index contributed by atoms with van der Waals surface area (Å²) in [5, 5.41) is 24.0. The summed E-state index contributed by atoms with van der Waals surface area (Å²) in [6.07, 6.45) is 3.19. The quantitative estimate of drug-likeness (QED) is 0.694. The van der Waals surface area contributed by atoms with Crippen molar-refractivity contribution >= 4 is 5.91 Å². The maximum Gasteiger partial charge on any atom is 0.224 e. The molecule has 0 bridgehead atoms. The van der Waals surface area contributed by atoms with Gasteiger partial charge in [-0.1, -0.05) is 12.1 Å². The molecular formula is C16H17N5O3. The van der Waals surface area contributed by atoms with E-state index in [1.54, 1.807) is 19.1 Å². The lowest BCUT2D eigenvalue weighted by Crippen LogP contribution is -2.39. The largest absolute Gasteiger partial charge is 0.466 e. The number of nitrogens with zero attached hydrogens (tertiary/aromatic N) is 4. The van der Waals surface area contributed by atoms with Crippen LogP contribution in [0.25, 0.3) is 5.69 Å². The standard InChI is InChI=1S/C16H17N5O3/c1-16(23,14-3-2-8-24-14)10-17-15(22)9-12-4-6-13(7-5-12)21-11-18-19-20-21/h2-8,11,23H,9-10H2,1H3,(H,17,22). The molecule has 124 valence electrons. The molecule has 0 fully saturated rings. The number of carbonyl (C=O) groups excluding carboxylic acids is 1. The summed E-state index contributed by atoms with van der Waals surface area (Å²) in [5.41, 5.74) is 0.412. The smallest absolute Gasteiger partial charge is 0.224 e. The molecule has 0 saturated carbocycles. The van der Waals surface area contributed by atoms with Crippen molar-refractivity contribution in [1.82, 2.24) is 25.5 Å². The Hall–Kier alpha value is -3.00. The highest BCUT2D eigenvalue weighted by atomic mass is 16.4. The number of rotatable bonds is 6. The van der Waals surface area contributed by atoms with Crippen LogP contribution in [-0.4, -0.2) is 37.8 Å². The van der Waals surface area contributed by atoms with E-state index < -0.39 is 5.60 Å². The van der Waals surface area contributed by atoms with Crippen LogP contribution in [-0.2, 0) is 16.8 Å². The van der Waals surface area contributed by atoms with E-state index in [2.05, 4.69) is 20.8 Å². The summed E-state index contributed by atoms with van der Waals surface area (Å²) in [5.74, 6) is 0.227. The molecule has 1 amide bonds. The minimum Gasteiger partial charge on any atom is -0.466 e. The van der Waals surface area contributed by atoms with E-state index in [-0.39, 0.29) is 18.9 Å². The average molecular weight is 327 g/mol. The summed E-state index contributed by atoms with van der Waals surface area (Å²) >= 11 is 0. The summed E-state index contributed by atoms with van der Waals surface area (Å²) in [4.78, 5) is 12.1. The van der Waals surface area contributed by atoms with E-state index in [4.69, 9.17) is 4.42 Å². The number of hydrogen-bond donors (Lipinski definition) is 2. The minimum absolute atomic E-state index is 0.0715. The second-order valence-corrected chi connectivity index (χ2v) is 5.63. The van der Waals surface area contributed by atoms with Crippen LogP contribution < -0.4 is 5.32 Å². The maximum atomic E-state index is 12.1. The second-order valence-electron chi connectivity index (χ2n) is 5.63. The van der Waals surface area contributed by atoms with Gasteiger partial charge in [-0.25, -0.2) is 4.68 Å². The van der Waals surface area contributed by atoms with E-state index in [1.165, 1.54) is 17.3 Å². The van der Waals surface area contributed by atoms with Gasteiger partial charge in [0, 0.05) is 0 Å². The van der Waals surface area contributed by atoms with Gasteiger partial charge in [-0.2, -0.15) is 0 Å². The minimum atomic E-state index is -1.25. The Labute approximate surface area is 138 Å². The third kappa shape index (κ3) is 3.66. The molecule has 1 aromatic carbocycles. The predicted molar refractivity (Wildman–Crippen MR) is 84.1 cm³/mol. The SMILES string of the molecule is CC(O)(CNC(=O)Cc1ccc(-n2cnnn2)cc1)c1ccco1. The molecule has 8 heteroatoms. The summed E-state index contributed by atoms with van der Waals surface area (Å²) in [7, 11) is 0. The first-order chi connectivity index (χ1) is 11.5. The molecule has 0 aliphatic heterocycles. The third-order valence-electron chi connectivity index (χ3n) is 3.60. The maximum absolute atomic E-state index is 12.1. The number of aliphatic hydroxyl groups is 1. The van der Waals surface area contributed by atoms with E-state index in [1.807, 2.05) is 24.3 Å². The van der Waals surface area contributed by atoms with Crippen LogP contribution in [0.3, 0.4) is 0 Å². The molecule has 2 N–H and O–H groups in total. The molecule has 24 heavy (non-hydrogen) atoms. The second kappa shape index (κ2) is 6.63. The number of furan rings is 1. The van der Waals surface area contributed by atoms with Crippen molar-refractivity contribution in [2.75, 3.05) is 6.54 Å². The molecule has 1 atom stereocenters. The fourth-order valence-electron chi connectivity index (χ4n) is 2.24. The van der Waals surface area contributed by atoms with E-state index in [9.17, 15) is 9.90 Å². The van der Waals surface area contributed by atoms with Gasteiger partial charge in [0.1, 0.15) is 17.7 Å². The Morgan fingerprint density at radius 2 is 2.12 bits per heavy atom. The van der Waals surface area contributed by atoms with Gasteiger partial charge < -0.3 is 14.8 Å². The van der Waals surface area contributed by atoms with Crippen LogP contribution in [0.15, 0.2) is 53.4 Å². The number of tetrazole rings is 1. The van der Waals surface area contributed by atoms with Crippen LogP contribution in [0.2, 0.25) is 0 Å². The Morgan fingerprint density at radius 3 is 2.75 bits per heavy atom. The molecule has 0 saturated heterocycles. The van der Waals surface area contributed by atoms with E-state index in [0.29, 0.717) is 5.76 Å². The van der Waals surface area contributed by atoms with Crippen LogP contribution in [0.4, 0.5) is 0 Å². The van der Waals surface area contributed by atoms with Gasteiger partial charge in [-0.3, -0.25) is 4.79 Å². The highest BCUT2D eigenvalue weighted by Crippen LogP contribution is 2.19. The lowest BCUT2D eigenvalue weighted by atomic mass is 10.0. The normalized spacial score (nSPS) is 13.4. The Bertz CT molecular complexity index is 780. The van der Waals surface area contributed by atoms with Gasteiger partial charge in [0.05, 0.1) is 24.9 Å². The summed E-state index contributed by atoms with van der Waals surface area (Å²) < 4.78 is 6.71. The monoisotopic (exact) mass is 327 g/mol. The first kappa shape index (κ1) is 15.9. The molecule has 2 aromatic heterocycles. The molecule has 2 heterocycles. The molecule has 0 radical (unpaired) electrons. The van der Waals surface area contributed by atoms with Crippen molar-refractivity contribution in [3.05, 3.63) is 60.3 Å². The number of nitrogens with one attached hydrogen (secondary N) is 1. The topological polar surface area (TPSA) is 106 Å². The third-order valence-corrected chi connectivity index (χ3v) is 3.60. The van der Waals surface area contributed by atoms with Crippen LogP contribution in [0.5, 0.6) is 0 Å². The molecule has 0 spiro atoms. The van der Waals surface area contributed by atoms with Gasteiger partial charge in [0.25, 0.3) is 0 Å². The Kier molecular flexibility index (Phi) is 4.39. The lowest BCUT2D eigenvalue weighted by molar-refractivity contribution is -0.121. The zero-order valence-corrected chi connectivity index (χ0v) is 13.1. The van der Waals surface area contributed by atoms with E-state index in [0.717, 1.165) is 11.3 Å². The lowest BCUT2D eigenvalue weighted by Gasteiger charge is -2.21.